The maximum atomic E-state index is 13.1. The van der Waals surface area contributed by atoms with Crippen LogP contribution in [0, 0.1) is 13.8 Å². The van der Waals surface area contributed by atoms with E-state index in [4.69, 9.17) is 5.10 Å². The monoisotopic (exact) mass is 382 g/mol. The number of pyridine rings is 1. The Kier molecular flexibility index (Phi) is 5.20. The molecular weight excluding hydrogens is 360 g/mol. The molecule has 5 nitrogen and oxygen atoms in total. The third-order valence-electron chi connectivity index (χ3n) is 4.81. The molecule has 0 radical (unpaired) electrons. The van der Waals surface area contributed by atoms with Crippen molar-refractivity contribution in [2.75, 3.05) is 0 Å². The van der Waals surface area contributed by atoms with Crippen molar-refractivity contribution in [2.45, 2.75) is 20.4 Å². The molecule has 1 amide bonds. The number of carbonyl (C=O) groups is 1. The third kappa shape index (κ3) is 4.09. The van der Waals surface area contributed by atoms with Crippen molar-refractivity contribution >= 4 is 5.91 Å². The van der Waals surface area contributed by atoms with E-state index in [1.54, 1.807) is 17.1 Å². The van der Waals surface area contributed by atoms with Crippen LogP contribution in [0.4, 0.5) is 0 Å². The SMILES string of the molecule is Cc1ccc(C)c(-n2nc(-c3ccccc3)cc2C(=O)NCc2ccncc2)c1. The molecule has 0 spiro atoms. The summed E-state index contributed by atoms with van der Waals surface area (Å²) < 4.78 is 1.74. The first-order valence-corrected chi connectivity index (χ1v) is 9.52. The first-order valence-electron chi connectivity index (χ1n) is 9.52. The molecule has 0 unspecified atom stereocenters. The summed E-state index contributed by atoms with van der Waals surface area (Å²) in [5.41, 5.74) is 6.31. The number of aromatic nitrogens is 3. The average Bonchev–Trinajstić information content (AvgIpc) is 3.20. The highest BCUT2D eigenvalue weighted by atomic mass is 16.2. The second kappa shape index (κ2) is 8.10. The van der Waals surface area contributed by atoms with Gasteiger partial charge < -0.3 is 5.32 Å². The Morgan fingerprint density at radius 3 is 2.48 bits per heavy atom. The molecule has 0 fully saturated rings. The number of rotatable bonds is 5. The minimum Gasteiger partial charge on any atom is -0.347 e. The molecule has 0 saturated heterocycles. The van der Waals surface area contributed by atoms with E-state index in [2.05, 4.69) is 22.4 Å². The smallest absolute Gasteiger partial charge is 0.270 e. The van der Waals surface area contributed by atoms with Crippen LogP contribution in [0.3, 0.4) is 0 Å². The zero-order valence-electron chi connectivity index (χ0n) is 16.5. The standard InChI is InChI=1S/C24H22N4O/c1-17-8-9-18(2)22(14-17)28-23(15-21(27-28)20-6-4-3-5-7-20)24(29)26-16-19-10-12-25-13-11-19/h3-15H,16H2,1-2H3,(H,26,29). The van der Waals surface area contributed by atoms with Crippen molar-refractivity contribution in [3.63, 3.8) is 0 Å². The molecule has 2 aromatic heterocycles. The van der Waals surface area contributed by atoms with Crippen molar-refractivity contribution in [3.8, 4) is 16.9 Å². The molecular formula is C24H22N4O. The third-order valence-corrected chi connectivity index (χ3v) is 4.81. The fourth-order valence-corrected chi connectivity index (χ4v) is 3.20. The summed E-state index contributed by atoms with van der Waals surface area (Å²) in [6, 6.07) is 21.7. The minimum absolute atomic E-state index is 0.169. The summed E-state index contributed by atoms with van der Waals surface area (Å²) in [6.07, 6.45) is 3.44. The van der Waals surface area contributed by atoms with E-state index in [0.717, 1.165) is 33.6 Å². The molecule has 0 saturated carbocycles. The van der Waals surface area contributed by atoms with Gasteiger partial charge in [0.15, 0.2) is 0 Å². The molecule has 0 aliphatic heterocycles. The van der Waals surface area contributed by atoms with Crippen molar-refractivity contribution in [2.24, 2.45) is 0 Å². The molecule has 5 heteroatoms. The lowest BCUT2D eigenvalue weighted by Crippen LogP contribution is -2.25. The maximum Gasteiger partial charge on any atom is 0.270 e. The zero-order valence-corrected chi connectivity index (χ0v) is 16.5. The number of aryl methyl sites for hydroxylation is 2. The average molecular weight is 382 g/mol. The zero-order chi connectivity index (χ0) is 20.2. The van der Waals surface area contributed by atoms with Crippen LogP contribution in [0.1, 0.15) is 27.2 Å². The number of benzene rings is 2. The van der Waals surface area contributed by atoms with Gasteiger partial charge in [-0.15, -0.1) is 0 Å². The molecule has 1 N–H and O–H groups in total. The quantitative estimate of drug-likeness (QED) is 0.554. The van der Waals surface area contributed by atoms with Gasteiger partial charge in [-0.1, -0.05) is 42.5 Å². The van der Waals surface area contributed by atoms with E-state index >= 15 is 0 Å². The highest BCUT2D eigenvalue weighted by Gasteiger charge is 2.18. The van der Waals surface area contributed by atoms with E-state index in [1.165, 1.54) is 0 Å². The van der Waals surface area contributed by atoms with Crippen LogP contribution in [0.2, 0.25) is 0 Å². The van der Waals surface area contributed by atoms with Gasteiger partial charge in [-0.05, 0) is 54.8 Å². The second-order valence-corrected chi connectivity index (χ2v) is 7.02. The Labute approximate surface area is 170 Å². The van der Waals surface area contributed by atoms with Gasteiger partial charge in [-0.3, -0.25) is 9.78 Å². The summed E-state index contributed by atoms with van der Waals surface area (Å²) in [5, 5.41) is 7.77. The molecule has 4 rings (SSSR count). The lowest BCUT2D eigenvalue weighted by molar-refractivity contribution is 0.0943. The van der Waals surface area contributed by atoms with Gasteiger partial charge in [0.2, 0.25) is 0 Å². The van der Waals surface area contributed by atoms with Gasteiger partial charge in [0.25, 0.3) is 5.91 Å². The fourth-order valence-electron chi connectivity index (χ4n) is 3.20. The number of hydrogen-bond acceptors (Lipinski definition) is 3. The second-order valence-electron chi connectivity index (χ2n) is 7.02. The van der Waals surface area contributed by atoms with Crippen LogP contribution in [0.15, 0.2) is 79.1 Å². The minimum atomic E-state index is -0.169. The van der Waals surface area contributed by atoms with Gasteiger partial charge >= 0.3 is 0 Å². The van der Waals surface area contributed by atoms with Crippen LogP contribution in [-0.4, -0.2) is 20.7 Å². The first-order chi connectivity index (χ1) is 14.1. The Morgan fingerprint density at radius 2 is 1.72 bits per heavy atom. The van der Waals surface area contributed by atoms with Gasteiger partial charge in [-0.25, -0.2) is 4.68 Å². The Balaban J connectivity index is 1.73. The number of amides is 1. The molecule has 2 heterocycles. The maximum absolute atomic E-state index is 13.1. The summed E-state index contributed by atoms with van der Waals surface area (Å²) >= 11 is 0. The Hall–Kier alpha value is -3.73. The van der Waals surface area contributed by atoms with Crippen LogP contribution < -0.4 is 5.32 Å². The van der Waals surface area contributed by atoms with E-state index in [0.29, 0.717) is 12.2 Å². The van der Waals surface area contributed by atoms with Crippen LogP contribution >= 0.6 is 0 Å². The number of carbonyl (C=O) groups excluding carboxylic acids is 1. The van der Waals surface area contributed by atoms with Gasteiger partial charge in [0, 0.05) is 24.5 Å². The van der Waals surface area contributed by atoms with Crippen molar-refractivity contribution < 1.29 is 4.79 Å². The molecule has 0 aliphatic rings. The Bertz CT molecular complexity index is 1130. The van der Waals surface area contributed by atoms with E-state index in [1.807, 2.05) is 68.4 Å². The van der Waals surface area contributed by atoms with E-state index in [-0.39, 0.29) is 5.91 Å². The molecule has 144 valence electrons. The molecule has 2 aromatic carbocycles. The van der Waals surface area contributed by atoms with Gasteiger partial charge in [-0.2, -0.15) is 5.10 Å². The normalized spacial score (nSPS) is 10.7. The predicted octanol–water partition coefficient (Wildman–Crippen LogP) is 4.48. The topological polar surface area (TPSA) is 59.8 Å². The van der Waals surface area contributed by atoms with Gasteiger partial charge in [0.05, 0.1) is 11.4 Å². The van der Waals surface area contributed by atoms with Crippen LogP contribution in [0.25, 0.3) is 16.9 Å². The van der Waals surface area contributed by atoms with E-state index in [9.17, 15) is 4.79 Å². The number of hydrogen-bond donors (Lipinski definition) is 1. The molecule has 4 aromatic rings. The lowest BCUT2D eigenvalue weighted by Gasteiger charge is -2.11. The van der Waals surface area contributed by atoms with Crippen molar-refractivity contribution in [3.05, 3.63) is 102 Å². The summed E-state index contributed by atoms with van der Waals surface area (Å²) in [4.78, 5) is 17.1. The van der Waals surface area contributed by atoms with Crippen molar-refractivity contribution in [1.82, 2.24) is 20.1 Å². The van der Waals surface area contributed by atoms with Crippen LogP contribution in [0.5, 0.6) is 0 Å². The first kappa shape index (κ1) is 18.6. The lowest BCUT2D eigenvalue weighted by atomic mass is 10.1. The number of nitrogens with zero attached hydrogens (tertiary/aromatic N) is 3. The molecule has 0 atom stereocenters. The number of nitrogens with one attached hydrogen (secondary N) is 1. The van der Waals surface area contributed by atoms with Crippen LogP contribution in [-0.2, 0) is 6.54 Å². The molecule has 29 heavy (non-hydrogen) atoms. The summed E-state index contributed by atoms with van der Waals surface area (Å²) in [6.45, 7) is 4.49. The van der Waals surface area contributed by atoms with Gasteiger partial charge in [0.1, 0.15) is 5.69 Å². The predicted molar refractivity (Wildman–Crippen MR) is 114 cm³/mol. The van der Waals surface area contributed by atoms with Crippen molar-refractivity contribution in [1.29, 1.82) is 0 Å². The summed E-state index contributed by atoms with van der Waals surface area (Å²) in [5.74, 6) is -0.169. The summed E-state index contributed by atoms with van der Waals surface area (Å²) in [7, 11) is 0. The highest BCUT2D eigenvalue weighted by molar-refractivity contribution is 5.94. The van der Waals surface area contributed by atoms with E-state index < -0.39 is 0 Å². The largest absolute Gasteiger partial charge is 0.347 e. The Morgan fingerprint density at radius 1 is 0.966 bits per heavy atom. The fraction of sp³-hybridized carbons (Fsp3) is 0.125. The highest BCUT2D eigenvalue weighted by Crippen LogP contribution is 2.24. The molecule has 0 bridgehead atoms. The molecule has 0 aliphatic carbocycles.